The van der Waals surface area contributed by atoms with Crippen LogP contribution in [0.15, 0.2) is 47.4 Å². The highest BCUT2D eigenvalue weighted by Gasteiger charge is 2.65. The number of hydrogen-bond donors (Lipinski definition) is 3. The highest BCUT2D eigenvalue weighted by molar-refractivity contribution is 7.13. The summed E-state index contributed by atoms with van der Waals surface area (Å²) in [7, 11) is 0. The van der Waals surface area contributed by atoms with Crippen molar-refractivity contribution in [2.75, 3.05) is 5.32 Å². The van der Waals surface area contributed by atoms with E-state index in [2.05, 4.69) is 30.6 Å². The van der Waals surface area contributed by atoms with Crippen molar-refractivity contribution in [1.29, 1.82) is 0 Å². The lowest BCUT2D eigenvalue weighted by Gasteiger charge is -2.59. The van der Waals surface area contributed by atoms with E-state index in [4.69, 9.17) is 4.98 Å². The molecule has 5 heteroatoms. The third-order valence-corrected chi connectivity index (χ3v) is 11.0. The van der Waals surface area contributed by atoms with E-state index < -0.39 is 5.60 Å². The Balaban J connectivity index is 1.27. The van der Waals surface area contributed by atoms with Gasteiger partial charge in [0, 0.05) is 16.5 Å². The predicted octanol–water partition coefficient (Wildman–Crippen LogP) is 6.40. The van der Waals surface area contributed by atoms with Crippen molar-refractivity contribution in [3.63, 3.8) is 0 Å². The Bertz CT molecular complexity index is 1070. The van der Waals surface area contributed by atoms with Crippen LogP contribution in [0.4, 0.5) is 10.8 Å². The topological polar surface area (TPSA) is 65.4 Å². The molecule has 3 fully saturated rings. The lowest BCUT2D eigenvalue weighted by Crippen LogP contribution is -2.54. The van der Waals surface area contributed by atoms with Gasteiger partial charge in [-0.3, -0.25) is 0 Å². The molecule has 3 N–H and O–H groups in total. The quantitative estimate of drug-likeness (QED) is 0.460. The lowest BCUT2D eigenvalue weighted by atomic mass is 9.46. The number of benzene rings is 1. The Morgan fingerprint density at radius 3 is 2.61 bits per heavy atom. The number of para-hydroxylation sites is 1. The second-order valence-corrected chi connectivity index (χ2v) is 12.4. The minimum absolute atomic E-state index is 0.127. The fraction of sp³-hybridized carbons (Fsp3) is 0.607. The molecule has 3 saturated carbocycles. The molecule has 4 nitrogen and oxygen atoms in total. The van der Waals surface area contributed by atoms with E-state index in [1.165, 1.54) is 18.4 Å². The van der Waals surface area contributed by atoms with Gasteiger partial charge >= 0.3 is 0 Å². The number of aliphatic hydroxyl groups excluding tert-OH is 1. The zero-order chi connectivity index (χ0) is 22.8. The van der Waals surface area contributed by atoms with Gasteiger partial charge in [-0.2, -0.15) is 0 Å². The number of thiazole rings is 1. The maximum absolute atomic E-state index is 12.2. The summed E-state index contributed by atoms with van der Waals surface area (Å²) in [5, 5.41) is 28.7. The van der Waals surface area contributed by atoms with Gasteiger partial charge in [0.15, 0.2) is 5.13 Å². The summed E-state index contributed by atoms with van der Waals surface area (Å²) in [4.78, 5) is 4.91. The van der Waals surface area contributed by atoms with Gasteiger partial charge in [-0.05, 0) is 86.7 Å². The molecule has 33 heavy (non-hydrogen) atoms. The van der Waals surface area contributed by atoms with E-state index in [-0.39, 0.29) is 16.9 Å². The van der Waals surface area contributed by atoms with Crippen LogP contribution < -0.4 is 5.32 Å². The standard InChI is InChI=1S/C28H36N2O2S/c1-26-13-10-20(31)16-18(26)8-9-21-22(26)11-14-27(2)23(21)12-15-28(27,32)24-17-33-25(30-24)29-19-6-4-3-5-7-19/h3-7,16-17,20-23,31-32H,8-15H2,1-2H3,(H,29,30)/t20-,21+,22-,23-,26-,27-,28-/m0/s1. The Morgan fingerprint density at radius 1 is 1.00 bits per heavy atom. The van der Waals surface area contributed by atoms with E-state index in [1.807, 2.05) is 30.3 Å². The molecule has 1 heterocycles. The van der Waals surface area contributed by atoms with Crippen LogP contribution in [-0.4, -0.2) is 21.3 Å². The van der Waals surface area contributed by atoms with Crippen LogP contribution in [0.2, 0.25) is 0 Å². The maximum atomic E-state index is 12.2. The molecule has 0 saturated heterocycles. The fourth-order valence-electron chi connectivity index (χ4n) is 8.31. The fourth-order valence-corrected chi connectivity index (χ4v) is 9.11. The van der Waals surface area contributed by atoms with Gasteiger partial charge in [0.2, 0.25) is 0 Å². The first-order valence-electron chi connectivity index (χ1n) is 12.7. The summed E-state index contributed by atoms with van der Waals surface area (Å²) >= 11 is 1.59. The van der Waals surface area contributed by atoms with Crippen molar-refractivity contribution in [3.05, 3.63) is 53.1 Å². The summed E-state index contributed by atoms with van der Waals surface area (Å²) in [6.07, 6.45) is 10.4. The van der Waals surface area contributed by atoms with Crippen molar-refractivity contribution in [2.45, 2.75) is 76.9 Å². The smallest absolute Gasteiger partial charge is 0.187 e. The van der Waals surface area contributed by atoms with Crippen molar-refractivity contribution < 1.29 is 10.2 Å². The number of aromatic nitrogens is 1. The van der Waals surface area contributed by atoms with Crippen molar-refractivity contribution in [2.24, 2.45) is 28.6 Å². The number of rotatable bonds is 3. The molecular weight excluding hydrogens is 428 g/mol. The van der Waals surface area contributed by atoms with Gasteiger partial charge in [0.25, 0.3) is 0 Å². The highest BCUT2D eigenvalue weighted by atomic mass is 32.1. The first-order valence-corrected chi connectivity index (χ1v) is 13.6. The van der Waals surface area contributed by atoms with Gasteiger partial charge in [-0.15, -0.1) is 11.3 Å². The number of hydrogen-bond acceptors (Lipinski definition) is 5. The van der Waals surface area contributed by atoms with E-state index >= 15 is 0 Å². The molecule has 0 bridgehead atoms. The zero-order valence-electron chi connectivity index (χ0n) is 19.8. The third-order valence-electron chi connectivity index (χ3n) is 10.2. The number of nitrogens with zero attached hydrogens (tertiary/aromatic N) is 1. The molecular formula is C28H36N2O2S. The number of aliphatic hydroxyl groups is 2. The summed E-state index contributed by atoms with van der Waals surface area (Å²) < 4.78 is 0. The van der Waals surface area contributed by atoms with Gasteiger partial charge in [-0.1, -0.05) is 43.7 Å². The number of fused-ring (bicyclic) bond motifs is 5. The highest BCUT2D eigenvalue weighted by Crippen LogP contribution is 2.69. The van der Waals surface area contributed by atoms with Crippen LogP contribution in [0.3, 0.4) is 0 Å². The maximum Gasteiger partial charge on any atom is 0.187 e. The number of anilines is 2. The SMILES string of the molecule is C[C@]12CC[C@H](O)C=C1CC[C@@H]1[C@@H]2CC[C@@]2(C)[C@H]1CC[C@]2(O)c1csc(Nc2ccccc2)n1. The normalized spacial score (nSPS) is 42.1. The molecule has 4 aliphatic carbocycles. The third kappa shape index (κ3) is 3.19. The molecule has 6 rings (SSSR count). The first-order chi connectivity index (χ1) is 15.8. The molecule has 0 amide bonds. The largest absolute Gasteiger partial charge is 0.389 e. The van der Waals surface area contributed by atoms with Crippen molar-refractivity contribution >= 4 is 22.2 Å². The second-order valence-electron chi connectivity index (χ2n) is 11.5. The Hall–Kier alpha value is -1.69. The monoisotopic (exact) mass is 464 g/mol. The van der Waals surface area contributed by atoms with Crippen molar-refractivity contribution in [3.8, 4) is 0 Å². The van der Waals surface area contributed by atoms with Crippen LogP contribution >= 0.6 is 11.3 Å². The molecule has 0 unspecified atom stereocenters. The molecule has 7 atom stereocenters. The predicted molar refractivity (Wildman–Crippen MR) is 133 cm³/mol. The average molecular weight is 465 g/mol. The van der Waals surface area contributed by atoms with Crippen LogP contribution in [-0.2, 0) is 5.60 Å². The van der Waals surface area contributed by atoms with Gasteiger partial charge in [-0.25, -0.2) is 4.98 Å². The van der Waals surface area contributed by atoms with E-state index in [0.717, 1.165) is 55.0 Å². The molecule has 0 aliphatic heterocycles. The Kier molecular flexibility index (Phi) is 5.06. The lowest BCUT2D eigenvalue weighted by molar-refractivity contribution is -0.134. The first kappa shape index (κ1) is 21.8. The van der Waals surface area contributed by atoms with Gasteiger partial charge in [0.1, 0.15) is 5.60 Å². The summed E-state index contributed by atoms with van der Waals surface area (Å²) in [5.74, 6) is 1.88. The molecule has 0 radical (unpaired) electrons. The van der Waals surface area contributed by atoms with E-state index in [9.17, 15) is 10.2 Å². The molecule has 4 aliphatic rings. The molecule has 1 aromatic heterocycles. The zero-order valence-corrected chi connectivity index (χ0v) is 20.6. The van der Waals surface area contributed by atoms with Crippen molar-refractivity contribution in [1.82, 2.24) is 4.98 Å². The molecule has 176 valence electrons. The second kappa shape index (κ2) is 7.66. The van der Waals surface area contributed by atoms with E-state index in [1.54, 1.807) is 11.3 Å². The Morgan fingerprint density at radius 2 is 1.79 bits per heavy atom. The summed E-state index contributed by atoms with van der Waals surface area (Å²) in [5.41, 5.74) is 2.65. The van der Waals surface area contributed by atoms with Gasteiger partial charge in [0.05, 0.1) is 11.8 Å². The number of allylic oxidation sites excluding steroid dienone is 1. The van der Waals surface area contributed by atoms with Crippen LogP contribution in [0.5, 0.6) is 0 Å². The molecule has 0 spiro atoms. The van der Waals surface area contributed by atoms with Crippen LogP contribution in [0.25, 0.3) is 0 Å². The van der Waals surface area contributed by atoms with Crippen LogP contribution in [0, 0.1) is 28.6 Å². The number of nitrogens with one attached hydrogen (secondary N) is 1. The van der Waals surface area contributed by atoms with E-state index in [0.29, 0.717) is 17.8 Å². The van der Waals surface area contributed by atoms with Crippen LogP contribution in [0.1, 0.15) is 70.9 Å². The Labute approximate surface area is 201 Å². The summed E-state index contributed by atoms with van der Waals surface area (Å²) in [6.45, 7) is 4.82. The minimum Gasteiger partial charge on any atom is -0.389 e. The average Bonchev–Trinajstić information content (AvgIpc) is 3.38. The minimum atomic E-state index is -0.852. The van der Waals surface area contributed by atoms with Gasteiger partial charge < -0.3 is 15.5 Å². The molecule has 1 aromatic carbocycles. The molecule has 2 aromatic rings. The summed E-state index contributed by atoms with van der Waals surface area (Å²) in [6, 6.07) is 10.1.